The van der Waals surface area contributed by atoms with Gasteiger partial charge in [-0.05, 0) is 77.6 Å². The highest BCUT2D eigenvalue weighted by Gasteiger charge is 2.11. The number of fused-ring (bicyclic) bond motifs is 1. The van der Waals surface area contributed by atoms with Crippen molar-refractivity contribution in [2.45, 2.75) is 0 Å². The second-order valence-corrected chi connectivity index (χ2v) is 7.36. The lowest BCUT2D eigenvalue weighted by Gasteiger charge is -2.12. The van der Waals surface area contributed by atoms with Crippen LogP contribution in [0.4, 0.5) is 5.69 Å². The third kappa shape index (κ3) is 4.76. The molecule has 4 nitrogen and oxygen atoms in total. The predicted octanol–water partition coefficient (Wildman–Crippen LogP) is 6.41. The van der Waals surface area contributed by atoms with Gasteiger partial charge in [-0.1, -0.05) is 48.0 Å². The standard InChI is InChI=1S/C24H17ClN2O2S/c25-17-8-12-19(13-9-17)29-20-14-10-18(11-15-20)26-24(30)27-23(28)22-7-3-5-16-4-1-2-6-21(16)22/h1-15H,(H2,26,27,28,30). The van der Waals surface area contributed by atoms with Crippen LogP contribution in [-0.2, 0) is 0 Å². The van der Waals surface area contributed by atoms with E-state index in [1.165, 1.54) is 0 Å². The van der Waals surface area contributed by atoms with Crippen molar-refractivity contribution in [2.75, 3.05) is 5.32 Å². The van der Waals surface area contributed by atoms with Crippen molar-refractivity contribution in [2.24, 2.45) is 0 Å². The van der Waals surface area contributed by atoms with Gasteiger partial charge in [0.1, 0.15) is 11.5 Å². The van der Waals surface area contributed by atoms with E-state index in [2.05, 4.69) is 10.6 Å². The number of rotatable bonds is 4. The molecular formula is C24H17ClN2O2S. The van der Waals surface area contributed by atoms with Gasteiger partial charge in [0.2, 0.25) is 0 Å². The zero-order valence-corrected chi connectivity index (χ0v) is 17.3. The van der Waals surface area contributed by atoms with E-state index in [0.29, 0.717) is 22.1 Å². The molecule has 4 aromatic carbocycles. The van der Waals surface area contributed by atoms with E-state index < -0.39 is 0 Å². The molecule has 0 spiro atoms. The first-order valence-corrected chi connectivity index (χ1v) is 10.0. The number of amides is 1. The summed E-state index contributed by atoms with van der Waals surface area (Å²) in [5.74, 6) is 1.11. The van der Waals surface area contributed by atoms with Gasteiger partial charge in [0, 0.05) is 16.3 Å². The number of carbonyl (C=O) groups excluding carboxylic acids is 1. The van der Waals surface area contributed by atoms with Crippen molar-refractivity contribution < 1.29 is 9.53 Å². The van der Waals surface area contributed by atoms with Crippen molar-refractivity contribution in [3.05, 3.63) is 102 Å². The van der Waals surface area contributed by atoms with Crippen molar-refractivity contribution in [3.8, 4) is 11.5 Å². The lowest BCUT2D eigenvalue weighted by molar-refractivity contribution is 0.0979. The van der Waals surface area contributed by atoms with Crippen molar-refractivity contribution in [1.29, 1.82) is 0 Å². The Morgan fingerprint density at radius 3 is 2.17 bits per heavy atom. The number of carbonyl (C=O) groups is 1. The molecule has 0 heterocycles. The Kier molecular flexibility index (Phi) is 5.93. The SMILES string of the molecule is O=C(NC(=S)Nc1ccc(Oc2ccc(Cl)cc2)cc1)c1cccc2ccccc12. The Hall–Kier alpha value is -3.41. The molecule has 0 aliphatic rings. The van der Waals surface area contributed by atoms with E-state index in [1.807, 2.05) is 60.7 Å². The summed E-state index contributed by atoms with van der Waals surface area (Å²) in [6.45, 7) is 0. The lowest BCUT2D eigenvalue weighted by Crippen LogP contribution is -2.34. The second-order valence-electron chi connectivity index (χ2n) is 6.52. The molecule has 0 saturated heterocycles. The maximum Gasteiger partial charge on any atom is 0.258 e. The molecule has 0 unspecified atom stereocenters. The van der Waals surface area contributed by atoms with Gasteiger partial charge in [0.05, 0.1) is 0 Å². The molecule has 0 atom stereocenters. The van der Waals surface area contributed by atoms with Crippen LogP contribution in [-0.4, -0.2) is 11.0 Å². The van der Waals surface area contributed by atoms with E-state index in [-0.39, 0.29) is 11.0 Å². The number of anilines is 1. The molecule has 2 N–H and O–H groups in total. The summed E-state index contributed by atoms with van der Waals surface area (Å²) in [6, 6.07) is 27.7. The molecule has 0 fully saturated rings. The molecule has 4 aromatic rings. The van der Waals surface area contributed by atoms with E-state index in [0.717, 1.165) is 16.5 Å². The molecule has 6 heteroatoms. The quantitative estimate of drug-likeness (QED) is 0.366. The summed E-state index contributed by atoms with van der Waals surface area (Å²) in [5, 5.41) is 8.50. The first-order chi connectivity index (χ1) is 14.6. The fourth-order valence-electron chi connectivity index (χ4n) is 3.00. The Morgan fingerprint density at radius 1 is 0.800 bits per heavy atom. The Morgan fingerprint density at radius 2 is 1.43 bits per heavy atom. The highest BCUT2D eigenvalue weighted by molar-refractivity contribution is 7.80. The van der Waals surface area contributed by atoms with Crippen LogP contribution in [0.5, 0.6) is 11.5 Å². The maximum atomic E-state index is 12.7. The molecule has 148 valence electrons. The summed E-state index contributed by atoms with van der Waals surface area (Å²) in [7, 11) is 0. The number of hydrogen-bond donors (Lipinski definition) is 2. The van der Waals surface area contributed by atoms with Crippen LogP contribution < -0.4 is 15.4 Å². The molecule has 0 bridgehead atoms. The first-order valence-electron chi connectivity index (χ1n) is 9.22. The van der Waals surface area contributed by atoms with E-state index in [1.54, 1.807) is 30.3 Å². The number of benzene rings is 4. The monoisotopic (exact) mass is 432 g/mol. The molecule has 0 aliphatic heterocycles. The minimum Gasteiger partial charge on any atom is -0.457 e. The highest BCUT2D eigenvalue weighted by atomic mass is 35.5. The number of hydrogen-bond acceptors (Lipinski definition) is 3. The second kappa shape index (κ2) is 8.95. The zero-order valence-electron chi connectivity index (χ0n) is 15.8. The summed E-state index contributed by atoms with van der Waals surface area (Å²) in [6.07, 6.45) is 0. The first kappa shape index (κ1) is 19.9. The number of ether oxygens (including phenoxy) is 1. The number of nitrogens with one attached hydrogen (secondary N) is 2. The van der Waals surface area contributed by atoms with Crippen LogP contribution in [0.15, 0.2) is 91.0 Å². The van der Waals surface area contributed by atoms with Crippen LogP contribution in [0.2, 0.25) is 5.02 Å². The van der Waals surface area contributed by atoms with Gasteiger partial charge in [-0.3, -0.25) is 10.1 Å². The predicted molar refractivity (Wildman–Crippen MR) is 126 cm³/mol. The smallest absolute Gasteiger partial charge is 0.258 e. The third-order valence-electron chi connectivity index (χ3n) is 4.42. The number of halogens is 1. The van der Waals surface area contributed by atoms with Crippen molar-refractivity contribution in [3.63, 3.8) is 0 Å². The van der Waals surface area contributed by atoms with Gasteiger partial charge in [-0.2, -0.15) is 0 Å². The summed E-state index contributed by atoms with van der Waals surface area (Å²) in [5.41, 5.74) is 1.31. The summed E-state index contributed by atoms with van der Waals surface area (Å²) < 4.78 is 5.77. The molecular weight excluding hydrogens is 416 g/mol. The van der Waals surface area contributed by atoms with E-state index >= 15 is 0 Å². The number of thiocarbonyl (C=S) groups is 1. The largest absolute Gasteiger partial charge is 0.457 e. The Labute approximate surface area is 184 Å². The minimum absolute atomic E-state index is 0.222. The minimum atomic E-state index is -0.257. The topological polar surface area (TPSA) is 50.4 Å². The lowest BCUT2D eigenvalue weighted by atomic mass is 10.0. The average molecular weight is 433 g/mol. The van der Waals surface area contributed by atoms with E-state index in [9.17, 15) is 4.79 Å². The fourth-order valence-corrected chi connectivity index (χ4v) is 3.34. The van der Waals surface area contributed by atoms with Gasteiger partial charge in [-0.25, -0.2) is 0 Å². The van der Waals surface area contributed by atoms with Gasteiger partial charge >= 0.3 is 0 Å². The van der Waals surface area contributed by atoms with Gasteiger partial charge in [0.15, 0.2) is 5.11 Å². The zero-order chi connectivity index (χ0) is 20.9. The van der Waals surface area contributed by atoms with Gasteiger partial charge < -0.3 is 10.1 Å². The fraction of sp³-hybridized carbons (Fsp3) is 0. The molecule has 0 aliphatic carbocycles. The maximum absolute atomic E-state index is 12.7. The normalized spacial score (nSPS) is 10.4. The molecule has 4 rings (SSSR count). The summed E-state index contributed by atoms with van der Waals surface area (Å²) in [4.78, 5) is 12.7. The summed E-state index contributed by atoms with van der Waals surface area (Å²) >= 11 is 11.2. The molecule has 0 aromatic heterocycles. The molecule has 1 amide bonds. The van der Waals surface area contributed by atoms with Gasteiger partial charge in [-0.15, -0.1) is 0 Å². The molecule has 30 heavy (non-hydrogen) atoms. The van der Waals surface area contributed by atoms with Gasteiger partial charge in [0.25, 0.3) is 5.91 Å². The Bertz CT molecular complexity index is 1200. The average Bonchev–Trinajstić information content (AvgIpc) is 2.76. The van der Waals surface area contributed by atoms with Crippen LogP contribution in [0, 0.1) is 0 Å². The van der Waals surface area contributed by atoms with E-state index in [4.69, 9.17) is 28.6 Å². The molecule has 0 saturated carbocycles. The van der Waals surface area contributed by atoms with Crippen LogP contribution in [0.25, 0.3) is 10.8 Å². The third-order valence-corrected chi connectivity index (χ3v) is 4.88. The molecule has 0 radical (unpaired) electrons. The van der Waals surface area contributed by atoms with Crippen LogP contribution in [0.3, 0.4) is 0 Å². The van der Waals surface area contributed by atoms with Crippen molar-refractivity contribution in [1.82, 2.24) is 5.32 Å². The highest BCUT2D eigenvalue weighted by Crippen LogP contribution is 2.24. The Balaban J connectivity index is 1.39. The van der Waals surface area contributed by atoms with Crippen LogP contribution in [0.1, 0.15) is 10.4 Å². The van der Waals surface area contributed by atoms with Crippen LogP contribution >= 0.6 is 23.8 Å². The van der Waals surface area contributed by atoms with Crippen molar-refractivity contribution >= 4 is 51.3 Å².